The predicted molar refractivity (Wildman–Crippen MR) is 113 cm³/mol. The maximum Gasteiger partial charge on any atom is 0.238 e. The molecule has 0 aliphatic carbocycles. The van der Waals surface area contributed by atoms with Gasteiger partial charge in [-0.25, -0.2) is 4.98 Å². The standard InChI is InChI=1S/C22H25N5O/c1-16-14-19(18-6-5-9-24-22(18)17(16)2)25-21(28)15-26-10-12-27(13-11-26)20-7-3-4-8-23-20/h3-9,14H,10-13,15H2,1-2H3,(H,25,28). The average Bonchev–Trinajstić information content (AvgIpc) is 2.73. The van der Waals surface area contributed by atoms with Crippen molar-refractivity contribution in [3.63, 3.8) is 0 Å². The normalized spacial score (nSPS) is 15.0. The van der Waals surface area contributed by atoms with Gasteiger partial charge in [0.1, 0.15) is 5.82 Å². The van der Waals surface area contributed by atoms with Gasteiger partial charge >= 0.3 is 0 Å². The molecule has 1 aliphatic heterocycles. The molecule has 1 amide bonds. The minimum atomic E-state index is 0.0136. The molecule has 3 heterocycles. The fourth-order valence-corrected chi connectivity index (χ4v) is 3.68. The smallest absolute Gasteiger partial charge is 0.238 e. The Morgan fingerprint density at radius 2 is 1.82 bits per heavy atom. The number of carbonyl (C=O) groups excluding carboxylic acids is 1. The fourth-order valence-electron chi connectivity index (χ4n) is 3.68. The molecular weight excluding hydrogens is 350 g/mol. The number of carbonyl (C=O) groups is 1. The van der Waals surface area contributed by atoms with E-state index in [0.29, 0.717) is 6.54 Å². The number of aromatic nitrogens is 2. The van der Waals surface area contributed by atoms with Crippen LogP contribution in [0.4, 0.5) is 11.5 Å². The summed E-state index contributed by atoms with van der Waals surface area (Å²) in [5.41, 5.74) is 4.06. The van der Waals surface area contributed by atoms with Crippen LogP contribution >= 0.6 is 0 Å². The third-order valence-corrected chi connectivity index (χ3v) is 5.39. The number of fused-ring (bicyclic) bond motifs is 1. The summed E-state index contributed by atoms with van der Waals surface area (Å²) in [4.78, 5) is 26.0. The zero-order valence-corrected chi connectivity index (χ0v) is 16.4. The van der Waals surface area contributed by atoms with E-state index in [1.807, 2.05) is 42.6 Å². The van der Waals surface area contributed by atoms with Gasteiger partial charge in [0, 0.05) is 44.0 Å². The topological polar surface area (TPSA) is 61.4 Å². The molecule has 1 fully saturated rings. The lowest BCUT2D eigenvalue weighted by atomic mass is 10.0. The molecule has 4 rings (SSSR count). The van der Waals surface area contributed by atoms with Crippen LogP contribution in [0.25, 0.3) is 10.9 Å². The molecule has 28 heavy (non-hydrogen) atoms. The summed E-state index contributed by atoms with van der Waals surface area (Å²) in [5, 5.41) is 4.08. The lowest BCUT2D eigenvalue weighted by Gasteiger charge is -2.35. The Morgan fingerprint density at radius 1 is 1.04 bits per heavy atom. The third-order valence-electron chi connectivity index (χ3n) is 5.39. The quantitative estimate of drug-likeness (QED) is 0.760. The Hall–Kier alpha value is -2.99. The summed E-state index contributed by atoms with van der Waals surface area (Å²) >= 11 is 0. The highest BCUT2D eigenvalue weighted by Crippen LogP contribution is 2.27. The van der Waals surface area contributed by atoms with Crippen LogP contribution in [0.2, 0.25) is 0 Å². The maximum absolute atomic E-state index is 12.7. The van der Waals surface area contributed by atoms with E-state index in [4.69, 9.17) is 0 Å². The molecule has 144 valence electrons. The van der Waals surface area contributed by atoms with Gasteiger partial charge in [-0.1, -0.05) is 6.07 Å². The van der Waals surface area contributed by atoms with E-state index in [0.717, 1.165) is 59.7 Å². The second-order valence-electron chi connectivity index (χ2n) is 7.26. The zero-order valence-electron chi connectivity index (χ0n) is 16.4. The molecule has 3 aromatic rings. The number of amides is 1. The van der Waals surface area contributed by atoms with Crippen molar-refractivity contribution in [3.05, 3.63) is 59.9 Å². The molecule has 0 bridgehead atoms. The first kappa shape index (κ1) is 18.4. The van der Waals surface area contributed by atoms with Crippen LogP contribution in [0.3, 0.4) is 0 Å². The van der Waals surface area contributed by atoms with Crippen LogP contribution in [0.15, 0.2) is 48.8 Å². The number of pyridine rings is 2. The minimum Gasteiger partial charge on any atom is -0.354 e. The van der Waals surface area contributed by atoms with E-state index in [9.17, 15) is 4.79 Å². The Labute approximate surface area is 165 Å². The van der Waals surface area contributed by atoms with Crippen molar-refractivity contribution in [1.82, 2.24) is 14.9 Å². The zero-order chi connectivity index (χ0) is 19.5. The van der Waals surface area contributed by atoms with E-state index in [1.165, 1.54) is 0 Å². The van der Waals surface area contributed by atoms with Gasteiger partial charge in [-0.15, -0.1) is 0 Å². The molecule has 0 unspecified atom stereocenters. The molecule has 0 saturated carbocycles. The highest BCUT2D eigenvalue weighted by Gasteiger charge is 2.20. The van der Waals surface area contributed by atoms with Gasteiger partial charge in [0.05, 0.1) is 17.7 Å². The van der Waals surface area contributed by atoms with Crippen LogP contribution in [0, 0.1) is 13.8 Å². The van der Waals surface area contributed by atoms with Gasteiger partial charge < -0.3 is 10.2 Å². The van der Waals surface area contributed by atoms with E-state index in [1.54, 1.807) is 6.20 Å². The van der Waals surface area contributed by atoms with Crippen LogP contribution in [0.5, 0.6) is 0 Å². The van der Waals surface area contributed by atoms with Crippen molar-refractivity contribution in [1.29, 1.82) is 0 Å². The first-order chi connectivity index (χ1) is 13.6. The number of nitrogens with one attached hydrogen (secondary N) is 1. The number of hydrogen-bond donors (Lipinski definition) is 1. The lowest BCUT2D eigenvalue weighted by Crippen LogP contribution is -2.48. The van der Waals surface area contributed by atoms with Crippen LogP contribution in [-0.2, 0) is 4.79 Å². The van der Waals surface area contributed by atoms with Gasteiger partial charge in [0.15, 0.2) is 0 Å². The average molecular weight is 375 g/mol. The summed E-state index contributed by atoms with van der Waals surface area (Å²) < 4.78 is 0. The summed E-state index contributed by atoms with van der Waals surface area (Å²) in [6.45, 7) is 7.96. The van der Waals surface area contributed by atoms with Crippen LogP contribution in [-0.4, -0.2) is 53.5 Å². The predicted octanol–water partition coefficient (Wildman–Crippen LogP) is 3.01. The molecule has 0 radical (unpaired) electrons. The monoisotopic (exact) mass is 375 g/mol. The number of benzene rings is 1. The van der Waals surface area contributed by atoms with E-state index in [-0.39, 0.29) is 5.91 Å². The summed E-state index contributed by atoms with van der Waals surface area (Å²) in [6, 6.07) is 11.9. The largest absolute Gasteiger partial charge is 0.354 e. The number of anilines is 2. The number of rotatable bonds is 4. The van der Waals surface area contributed by atoms with Crippen LogP contribution < -0.4 is 10.2 Å². The Kier molecular flexibility index (Phi) is 5.21. The lowest BCUT2D eigenvalue weighted by molar-refractivity contribution is -0.117. The number of aryl methyl sites for hydroxylation is 2. The third kappa shape index (κ3) is 3.82. The Bertz CT molecular complexity index is 981. The highest BCUT2D eigenvalue weighted by atomic mass is 16.2. The molecule has 6 heteroatoms. The van der Waals surface area contributed by atoms with Crippen molar-refractivity contribution >= 4 is 28.3 Å². The summed E-state index contributed by atoms with van der Waals surface area (Å²) in [6.07, 6.45) is 3.61. The van der Waals surface area contributed by atoms with Crippen molar-refractivity contribution < 1.29 is 4.79 Å². The molecule has 1 N–H and O–H groups in total. The van der Waals surface area contributed by atoms with Crippen molar-refractivity contribution in [2.75, 3.05) is 42.9 Å². The van der Waals surface area contributed by atoms with Gasteiger partial charge in [0.2, 0.25) is 5.91 Å². The number of hydrogen-bond acceptors (Lipinski definition) is 5. The van der Waals surface area contributed by atoms with Gasteiger partial charge in [-0.05, 0) is 55.3 Å². The molecule has 1 saturated heterocycles. The first-order valence-corrected chi connectivity index (χ1v) is 9.65. The second kappa shape index (κ2) is 7.94. The molecule has 2 aromatic heterocycles. The van der Waals surface area contributed by atoms with Crippen molar-refractivity contribution in [3.8, 4) is 0 Å². The van der Waals surface area contributed by atoms with E-state index in [2.05, 4.69) is 38.9 Å². The van der Waals surface area contributed by atoms with E-state index >= 15 is 0 Å². The van der Waals surface area contributed by atoms with Crippen molar-refractivity contribution in [2.45, 2.75) is 13.8 Å². The van der Waals surface area contributed by atoms with Gasteiger partial charge in [-0.3, -0.25) is 14.7 Å². The first-order valence-electron chi connectivity index (χ1n) is 9.65. The maximum atomic E-state index is 12.7. The van der Waals surface area contributed by atoms with Gasteiger partial charge in [0.25, 0.3) is 0 Å². The summed E-state index contributed by atoms with van der Waals surface area (Å²) in [7, 11) is 0. The van der Waals surface area contributed by atoms with Crippen molar-refractivity contribution in [2.24, 2.45) is 0 Å². The Morgan fingerprint density at radius 3 is 2.57 bits per heavy atom. The fraction of sp³-hybridized carbons (Fsp3) is 0.318. The molecule has 1 aliphatic rings. The highest BCUT2D eigenvalue weighted by molar-refractivity contribution is 6.03. The van der Waals surface area contributed by atoms with E-state index < -0.39 is 0 Å². The second-order valence-corrected chi connectivity index (χ2v) is 7.26. The molecule has 6 nitrogen and oxygen atoms in total. The molecule has 0 atom stereocenters. The summed E-state index contributed by atoms with van der Waals surface area (Å²) in [5.74, 6) is 1.01. The Balaban J connectivity index is 1.39. The molecular formula is C22H25N5O. The van der Waals surface area contributed by atoms with Crippen LogP contribution in [0.1, 0.15) is 11.1 Å². The molecule has 1 aromatic carbocycles. The SMILES string of the molecule is Cc1cc(NC(=O)CN2CCN(c3ccccn3)CC2)c2cccnc2c1C. The minimum absolute atomic E-state index is 0.0136. The van der Waals surface area contributed by atoms with Gasteiger partial charge in [-0.2, -0.15) is 0 Å². The molecule has 0 spiro atoms. The number of nitrogens with zero attached hydrogens (tertiary/aromatic N) is 4. The number of piperazine rings is 1.